The Morgan fingerprint density at radius 3 is 2.65 bits per heavy atom. The number of halogens is 1. The number of amides is 1. The van der Waals surface area contributed by atoms with Crippen molar-refractivity contribution < 1.29 is 18.7 Å². The number of hydrogen-bond donors (Lipinski definition) is 1. The summed E-state index contributed by atoms with van der Waals surface area (Å²) in [4.78, 5) is 11.9. The van der Waals surface area contributed by atoms with Gasteiger partial charge in [-0.05, 0) is 36.2 Å². The first-order chi connectivity index (χ1) is 11.2. The van der Waals surface area contributed by atoms with Crippen molar-refractivity contribution in [1.82, 2.24) is 5.32 Å². The molecule has 0 fully saturated rings. The minimum atomic E-state index is -0.270. The van der Waals surface area contributed by atoms with Crippen LogP contribution in [0, 0.1) is 5.82 Å². The molecule has 0 spiro atoms. The molecule has 5 heteroatoms. The first kappa shape index (κ1) is 15.3. The summed E-state index contributed by atoms with van der Waals surface area (Å²) in [5.74, 6) is 1.10. The zero-order valence-electron chi connectivity index (χ0n) is 12.6. The Morgan fingerprint density at radius 2 is 1.87 bits per heavy atom. The van der Waals surface area contributed by atoms with E-state index in [1.165, 1.54) is 12.1 Å². The van der Waals surface area contributed by atoms with Crippen LogP contribution in [0.25, 0.3) is 0 Å². The number of aryl methyl sites for hydroxylation is 1. The number of fused-ring (bicyclic) bond motifs is 1. The maximum atomic E-state index is 12.8. The molecule has 1 aliphatic rings. The second-order valence-electron chi connectivity index (χ2n) is 5.43. The highest BCUT2D eigenvalue weighted by molar-refractivity contribution is 5.76. The summed E-state index contributed by atoms with van der Waals surface area (Å²) in [6.07, 6.45) is 0.743. The number of benzene rings is 2. The Bertz CT molecular complexity index is 672. The SMILES string of the molecule is O=C(CCc1ccc(F)cc1)NCC1COc2ccccc2O1. The molecule has 0 aliphatic carbocycles. The number of hydrogen-bond acceptors (Lipinski definition) is 3. The minimum Gasteiger partial charge on any atom is -0.486 e. The van der Waals surface area contributed by atoms with Gasteiger partial charge in [0.2, 0.25) is 5.91 Å². The molecular weight excluding hydrogens is 297 g/mol. The molecule has 1 aliphatic heterocycles. The van der Waals surface area contributed by atoms with E-state index in [1.54, 1.807) is 12.1 Å². The van der Waals surface area contributed by atoms with Crippen LogP contribution in [0.5, 0.6) is 11.5 Å². The van der Waals surface area contributed by atoms with Crippen molar-refractivity contribution >= 4 is 5.91 Å². The van der Waals surface area contributed by atoms with Crippen molar-refractivity contribution in [3.05, 3.63) is 59.9 Å². The Morgan fingerprint density at radius 1 is 1.13 bits per heavy atom. The molecule has 0 aromatic heterocycles. The van der Waals surface area contributed by atoms with Crippen LogP contribution in [0.2, 0.25) is 0 Å². The van der Waals surface area contributed by atoms with Gasteiger partial charge in [-0.1, -0.05) is 24.3 Å². The summed E-state index contributed by atoms with van der Waals surface area (Å²) in [6, 6.07) is 13.7. The first-order valence-corrected chi connectivity index (χ1v) is 7.60. The third kappa shape index (κ3) is 4.22. The van der Waals surface area contributed by atoms with Gasteiger partial charge in [0.25, 0.3) is 0 Å². The van der Waals surface area contributed by atoms with Gasteiger partial charge < -0.3 is 14.8 Å². The van der Waals surface area contributed by atoms with Gasteiger partial charge in [-0.15, -0.1) is 0 Å². The van der Waals surface area contributed by atoms with Crippen molar-refractivity contribution in [2.45, 2.75) is 18.9 Å². The highest BCUT2D eigenvalue weighted by Crippen LogP contribution is 2.30. The van der Waals surface area contributed by atoms with E-state index < -0.39 is 0 Å². The number of ether oxygens (including phenoxy) is 2. The lowest BCUT2D eigenvalue weighted by Gasteiger charge is -2.26. The summed E-state index contributed by atoms with van der Waals surface area (Å²) in [7, 11) is 0. The molecular formula is C18H18FNO3. The lowest BCUT2D eigenvalue weighted by atomic mass is 10.1. The van der Waals surface area contributed by atoms with E-state index in [-0.39, 0.29) is 17.8 Å². The molecule has 2 aromatic rings. The standard InChI is InChI=1S/C18H18FNO3/c19-14-8-5-13(6-9-14)7-10-18(21)20-11-15-12-22-16-3-1-2-4-17(16)23-15/h1-6,8-9,15H,7,10-12H2,(H,20,21). The van der Waals surface area contributed by atoms with Gasteiger partial charge in [0.05, 0.1) is 6.54 Å². The second kappa shape index (κ2) is 7.13. The second-order valence-corrected chi connectivity index (χ2v) is 5.43. The van der Waals surface area contributed by atoms with E-state index in [4.69, 9.17) is 9.47 Å². The number of rotatable bonds is 5. The van der Waals surface area contributed by atoms with Crippen molar-refractivity contribution in [3.63, 3.8) is 0 Å². The van der Waals surface area contributed by atoms with E-state index in [9.17, 15) is 9.18 Å². The maximum absolute atomic E-state index is 12.8. The Kier molecular flexibility index (Phi) is 4.76. The van der Waals surface area contributed by atoms with E-state index in [0.29, 0.717) is 31.7 Å². The van der Waals surface area contributed by atoms with E-state index in [2.05, 4.69) is 5.32 Å². The molecule has 0 saturated heterocycles. The van der Waals surface area contributed by atoms with Crippen molar-refractivity contribution in [3.8, 4) is 11.5 Å². The Balaban J connectivity index is 1.42. The summed E-state index contributed by atoms with van der Waals surface area (Å²) in [6.45, 7) is 0.811. The van der Waals surface area contributed by atoms with E-state index in [0.717, 1.165) is 11.3 Å². The predicted octanol–water partition coefficient (Wildman–Crippen LogP) is 2.71. The number of carbonyl (C=O) groups is 1. The fraction of sp³-hybridized carbons (Fsp3) is 0.278. The van der Waals surface area contributed by atoms with Gasteiger partial charge >= 0.3 is 0 Å². The van der Waals surface area contributed by atoms with E-state index in [1.807, 2.05) is 24.3 Å². The third-order valence-electron chi connectivity index (χ3n) is 3.65. The lowest BCUT2D eigenvalue weighted by molar-refractivity contribution is -0.121. The summed E-state index contributed by atoms with van der Waals surface area (Å²) in [5, 5.41) is 2.85. The first-order valence-electron chi connectivity index (χ1n) is 7.60. The monoisotopic (exact) mass is 315 g/mol. The largest absolute Gasteiger partial charge is 0.486 e. The minimum absolute atomic E-state index is 0.0585. The lowest BCUT2D eigenvalue weighted by Crippen LogP contribution is -2.40. The maximum Gasteiger partial charge on any atom is 0.220 e. The molecule has 1 N–H and O–H groups in total. The molecule has 1 heterocycles. The zero-order chi connectivity index (χ0) is 16.1. The number of para-hydroxylation sites is 2. The predicted molar refractivity (Wildman–Crippen MR) is 84.1 cm³/mol. The molecule has 1 unspecified atom stereocenters. The molecule has 3 rings (SSSR count). The van der Waals surface area contributed by atoms with Crippen LogP contribution >= 0.6 is 0 Å². The van der Waals surface area contributed by atoms with Gasteiger partial charge in [-0.25, -0.2) is 4.39 Å². The van der Waals surface area contributed by atoms with Gasteiger partial charge in [0.1, 0.15) is 18.5 Å². The molecule has 0 saturated carbocycles. The molecule has 1 atom stereocenters. The number of carbonyl (C=O) groups excluding carboxylic acids is 1. The topological polar surface area (TPSA) is 47.6 Å². The average Bonchev–Trinajstić information content (AvgIpc) is 2.59. The van der Waals surface area contributed by atoms with Crippen molar-refractivity contribution in [2.24, 2.45) is 0 Å². The molecule has 1 amide bonds. The summed E-state index contributed by atoms with van der Waals surface area (Å²) >= 11 is 0. The fourth-order valence-electron chi connectivity index (χ4n) is 2.39. The summed E-state index contributed by atoms with van der Waals surface area (Å²) < 4.78 is 24.2. The highest BCUT2D eigenvalue weighted by atomic mass is 19.1. The van der Waals surface area contributed by atoms with Gasteiger partial charge in [0, 0.05) is 6.42 Å². The fourth-order valence-corrected chi connectivity index (χ4v) is 2.39. The Labute approximate surface area is 134 Å². The molecule has 120 valence electrons. The van der Waals surface area contributed by atoms with E-state index >= 15 is 0 Å². The van der Waals surface area contributed by atoms with Crippen molar-refractivity contribution in [1.29, 1.82) is 0 Å². The zero-order valence-corrected chi connectivity index (χ0v) is 12.6. The van der Waals surface area contributed by atoms with Crippen LogP contribution in [0.3, 0.4) is 0 Å². The van der Waals surface area contributed by atoms with Crippen LogP contribution < -0.4 is 14.8 Å². The van der Waals surface area contributed by atoms with Crippen LogP contribution in [0.15, 0.2) is 48.5 Å². The van der Waals surface area contributed by atoms with Gasteiger partial charge in [0.15, 0.2) is 11.5 Å². The quantitative estimate of drug-likeness (QED) is 0.923. The number of nitrogens with one attached hydrogen (secondary N) is 1. The van der Waals surface area contributed by atoms with Gasteiger partial charge in [-0.2, -0.15) is 0 Å². The highest BCUT2D eigenvalue weighted by Gasteiger charge is 2.20. The molecule has 4 nitrogen and oxygen atoms in total. The Hall–Kier alpha value is -2.56. The van der Waals surface area contributed by atoms with Crippen LogP contribution in [0.4, 0.5) is 4.39 Å². The average molecular weight is 315 g/mol. The van der Waals surface area contributed by atoms with Crippen LogP contribution in [-0.4, -0.2) is 25.2 Å². The van der Waals surface area contributed by atoms with Crippen LogP contribution in [0.1, 0.15) is 12.0 Å². The van der Waals surface area contributed by atoms with Gasteiger partial charge in [-0.3, -0.25) is 4.79 Å². The van der Waals surface area contributed by atoms with Crippen LogP contribution in [-0.2, 0) is 11.2 Å². The smallest absolute Gasteiger partial charge is 0.220 e. The normalized spacial score (nSPS) is 16.0. The summed E-state index contributed by atoms with van der Waals surface area (Å²) in [5.41, 5.74) is 0.938. The third-order valence-corrected chi connectivity index (χ3v) is 3.65. The van der Waals surface area contributed by atoms with Crippen molar-refractivity contribution in [2.75, 3.05) is 13.2 Å². The molecule has 0 bridgehead atoms. The molecule has 23 heavy (non-hydrogen) atoms. The molecule has 2 aromatic carbocycles. The molecule has 0 radical (unpaired) electrons.